The van der Waals surface area contributed by atoms with E-state index in [2.05, 4.69) is 20.9 Å². The monoisotopic (exact) mass is 273 g/mol. The molecule has 1 rings (SSSR count). The highest BCUT2D eigenvalue weighted by atomic mass is 35.5. The second-order valence-corrected chi connectivity index (χ2v) is 3.78. The molecule has 0 radical (unpaired) electrons. The molecule has 0 aliphatic rings. The zero-order chi connectivity index (χ0) is 12.7. The summed E-state index contributed by atoms with van der Waals surface area (Å²) in [5.74, 6) is 0. The fourth-order valence-electron chi connectivity index (χ4n) is 1.00. The summed E-state index contributed by atoms with van der Waals surface area (Å²) in [7, 11) is 0. The maximum Gasteiger partial charge on any atom is 0.425 e. The molecular weight excluding hydrogens is 262 g/mol. The first-order valence-corrected chi connectivity index (χ1v) is 5.65. The zero-order valence-electron chi connectivity index (χ0n) is 9.12. The van der Waals surface area contributed by atoms with Gasteiger partial charge in [0.15, 0.2) is 5.11 Å². The molecule has 5 nitrogen and oxygen atoms in total. The van der Waals surface area contributed by atoms with Crippen LogP contribution in [0.3, 0.4) is 0 Å². The van der Waals surface area contributed by atoms with E-state index in [9.17, 15) is 4.79 Å². The molecule has 0 saturated heterocycles. The maximum absolute atomic E-state index is 10.9. The van der Waals surface area contributed by atoms with Crippen molar-refractivity contribution in [3.05, 3.63) is 29.3 Å². The Labute approximate surface area is 109 Å². The molecular formula is C10H12ClN3O2S. The van der Waals surface area contributed by atoms with Crippen molar-refractivity contribution >= 4 is 40.7 Å². The van der Waals surface area contributed by atoms with Crippen LogP contribution in [0.1, 0.15) is 6.92 Å². The smallest absolute Gasteiger partial charge is 0.425 e. The normalized spacial score (nSPS) is 9.29. The van der Waals surface area contributed by atoms with Gasteiger partial charge in [-0.2, -0.15) is 0 Å². The van der Waals surface area contributed by atoms with Crippen LogP contribution in [0.15, 0.2) is 24.3 Å². The molecule has 0 spiro atoms. The van der Waals surface area contributed by atoms with Crippen LogP contribution < -0.4 is 16.2 Å². The van der Waals surface area contributed by atoms with Gasteiger partial charge in [0.05, 0.1) is 6.61 Å². The zero-order valence-corrected chi connectivity index (χ0v) is 10.7. The van der Waals surface area contributed by atoms with E-state index < -0.39 is 6.09 Å². The van der Waals surface area contributed by atoms with E-state index in [1.54, 1.807) is 31.2 Å². The lowest BCUT2D eigenvalue weighted by atomic mass is 10.3. The Kier molecular flexibility index (Phi) is 5.51. The van der Waals surface area contributed by atoms with E-state index >= 15 is 0 Å². The molecule has 3 N–H and O–H groups in total. The predicted molar refractivity (Wildman–Crippen MR) is 71.0 cm³/mol. The molecule has 0 saturated carbocycles. The largest absolute Gasteiger partial charge is 0.449 e. The van der Waals surface area contributed by atoms with Crippen LogP contribution in [-0.4, -0.2) is 17.8 Å². The third kappa shape index (κ3) is 5.37. The average Bonchev–Trinajstić information content (AvgIpc) is 2.27. The third-order valence-corrected chi connectivity index (χ3v) is 2.08. The van der Waals surface area contributed by atoms with Crippen molar-refractivity contribution in [3.8, 4) is 0 Å². The first-order chi connectivity index (χ1) is 8.11. The fraction of sp³-hybridized carbons (Fsp3) is 0.200. The van der Waals surface area contributed by atoms with Gasteiger partial charge in [0, 0.05) is 10.7 Å². The molecule has 0 atom stereocenters. The Morgan fingerprint density at radius 2 is 2.24 bits per heavy atom. The van der Waals surface area contributed by atoms with E-state index in [0.717, 1.165) is 5.69 Å². The predicted octanol–water partition coefficient (Wildman–Crippen LogP) is 2.29. The Balaban J connectivity index is 2.37. The summed E-state index contributed by atoms with van der Waals surface area (Å²) < 4.78 is 4.64. The lowest BCUT2D eigenvalue weighted by Gasteiger charge is -2.11. The van der Waals surface area contributed by atoms with Crippen molar-refractivity contribution in [2.45, 2.75) is 6.92 Å². The molecule has 0 bridgehead atoms. The van der Waals surface area contributed by atoms with Gasteiger partial charge >= 0.3 is 6.09 Å². The van der Waals surface area contributed by atoms with E-state index in [0.29, 0.717) is 11.6 Å². The summed E-state index contributed by atoms with van der Waals surface area (Å²) in [6, 6.07) is 7.04. The highest BCUT2D eigenvalue weighted by Crippen LogP contribution is 2.14. The lowest BCUT2D eigenvalue weighted by Crippen LogP contribution is -2.43. The van der Waals surface area contributed by atoms with Crippen LogP contribution >= 0.6 is 23.8 Å². The van der Waals surface area contributed by atoms with Gasteiger partial charge < -0.3 is 10.1 Å². The number of rotatable bonds is 2. The van der Waals surface area contributed by atoms with E-state index in [1.165, 1.54) is 0 Å². The summed E-state index contributed by atoms with van der Waals surface area (Å²) in [6.07, 6.45) is -0.595. The summed E-state index contributed by atoms with van der Waals surface area (Å²) in [5, 5.41) is 3.68. The van der Waals surface area contributed by atoms with Crippen LogP contribution in [0.25, 0.3) is 0 Å². The standard InChI is InChI=1S/C10H12ClN3O2S/c1-2-16-10(15)14-13-9(17)12-8-5-3-4-7(11)6-8/h3-6H,2H2,1H3,(H,14,15)(H2,12,13,17). The SMILES string of the molecule is CCOC(=O)NNC(=S)Nc1cccc(Cl)c1. The van der Waals surface area contributed by atoms with Crippen LogP contribution in [-0.2, 0) is 4.74 Å². The summed E-state index contributed by atoms with van der Waals surface area (Å²) in [6.45, 7) is 2.00. The quantitative estimate of drug-likeness (QED) is 0.570. The van der Waals surface area contributed by atoms with Gasteiger partial charge in [-0.1, -0.05) is 17.7 Å². The average molecular weight is 274 g/mol. The number of halogens is 1. The molecule has 0 fully saturated rings. The number of amides is 1. The molecule has 17 heavy (non-hydrogen) atoms. The summed E-state index contributed by atoms with van der Waals surface area (Å²) >= 11 is 10.7. The topological polar surface area (TPSA) is 62.4 Å². The van der Waals surface area contributed by atoms with Crippen molar-refractivity contribution in [3.63, 3.8) is 0 Å². The third-order valence-electron chi connectivity index (χ3n) is 1.64. The Bertz CT molecular complexity index is 414. The van der Waals surface area contributed by atoms with E-state index in [1.807, 2.05) is 0 Å². The lowest BCUT2D eigenvalue weighted by molar-refractivity contribution is 0.150. The van der Waals surface area contributed by atoms with Gasteiger partial charge in [0.1, 0.15) is 0 Å². The number of hydrogen-bond acceptors (Lipinski definition) is 3. The molecule has 0 aliphatic heterocycles. The molecule has 1 amide bonds. The highest BCUT2D eigenvalue weighted by molar-refractivity contribution is 7.80. The maximum atomic E-state index is 10.9. The van der Waals surface area contributed by atoms with E-state index in [4.69, 9.17) is 23.8 Å². The number of nitrogens with one attached hydrogen (secondary N) is 3. The minimum Gasteiger partial charge on any atom is -0.449 e. The van der Waals surface area contributed by atoms with Crippen LogP contribution in [0, 0.1) is 0 Å². The second-order valence-electron chi connectivity index (χ2n) is 2.93. The molecule has 7 heteroatoms. The molecule has 1 aromatic rings. The Morgan fingerprint density at radius 3 is 2.88 bits per heavy atom. The minimum atomic E-state index is -0.595. The number of hydrogen-bond donors (Lipinski definition) is 3. The second kappa shape index (κ2) is 6.93. The van der Waals surface area contributed by atoms with Crippen molar-refractivity contribution in [1.82, 2.24) is 10.9 Å². The molecule has 0 heterocycles. The van der Waals surface area contributed by atoms with Crippen LogP contribution in [0.4, 0.5) is 10.5 Å². The van der Waals surface area contributed by atoms with Gasteiger partial charge in [0.2, 0.25) is 0 Å². The number of anilines is 1. The fourth-order valence-corrected chi connectivity index (χ4v) is 1.36. The number of carbonyl (C=O) groups excluding carboxylic acids is 1. The first-order valence-electron chi connectivity index (χ1n) is 4.87. The van der Waals surface area contributed by atoms with Crippen molar-refractivity contribution < 1.29 is 9.53 Å². The van der Waals surface area contributed by atoms with Crippen LogP contribution in [0.5, 0.6) is 0 Å². The Hall–Kier alpha value is -1.53. The van der Waals surface area contributed by atoms with Gasteiger partial charge in [-0.3, -0.25) is 5.43 Å². The highest BCUT2D eigenvalue weighted by Gasteiger charge is 2.01. The molecule has 1 aromatic carbocycles. The minimum absolute atomic E-state index is 0.236. The molecule has 0 aromatic heterocycles. The number of benzene rings is 1. The van der Waals surface area contributed by atoms with Crippen molar-refractivity contribution in [2.75, 3.05) is 11.9 Å². The van der Waals surface area contributed by atoms with Gasteiger partial charge in [-0.15, -0.1) is 0 Å². The summed E-state index contributed by atoms with van der Waals surface area (Å²) in [4.78, 5) is 10.9. The van der Waals surface area contributed by atoms with E-state index in [-0.39, 0.29) is 5.11 Å². The molecule has 0 aliphatic carbocycles. The first kappa shape index (κ1) is 13.5. The number of carbonyl (C=O) groups is 1. The van der Waals surface area contributed by atoms with Gasteiger partial charge in [-0.25, -0.2) is 10.2 Å². The molecule has 92 valence electrons. The van der Waals surface area contributed by atoms with Gasteiger partial charge in [0.25, 0.3) is 0 Å². The summed E-state index contributed by atoms with van der Waals surface area (Å²) in [5.41, 5.74) is 5.48. The van der Waals surface area contributed by atoms with Crippen molar-refractivity contribution in [1.29, 1.82) is 0 Å². The number of ether oxygens (including phenoxy) is 1. The van der Waals surface area contributed by atoms with Crippen molar-refractivity contribution in [2.24, 2.45) is 0 Å². The molecule has 0 unspecified atom stereocenters. The van der Waals surface area contributed by atoms with Gasteiger partial charge in [-0.05, 0) is 37.3 Å². The van der Waals surface area contributed by atoms with Crippen LogP contribution in [0.2, 0.25) is 5.02 Å². The number of thiocarbonyl (C=S) groups is 1. The number of hydrazine groups is 1. The Morgan fingerprint density at radius 1 is 1.47 bits per heavy atom.